The van der Waals surface area contributed by atoms with Crippen molar-refractivity contribution in [1.29, 1.82) is 0 Å². The molecule has 3 amide bonds. The molecule has 0 heterocycles. The highest BCUT2D eigenvalue weighted by molar-refractivity contribution is 6.31. The molecular weight excluding hydrogens is 394 g/mol. The molecule has 0 radical (unpaired) electrons. The lowest BCUT2D eigenvalue weighted by atomic mass is 10.0. The predicted octanol–water partition coefficient (Wildman–Crippen LogP) is 3.47. The van der Waals surface area contributed by atoms with Crippen molar-refractivity contribution in [3.8, 4) is 5.75 Å². The highest BCUT2D eigenvalue weighted by Crippen LogP contribution is 2.20. The third kappa shape index (κ3) is 7.12. The van der Waals surface area contributed by atoms with E-state index in [0.29, 0.717) is 22.0 Å². The first-order chi connectivity index (χ1) is 13.8. The standard InChI is InChI=1S/C21H24ClN3O4/c1-13(10-19(26)23-16-7-4-14(2)18(22)12-16)11-20(27)24-25-21(28)15-5-8-17(29-3)9-6-15/h4-9,12-13H,10-11H2,1-3H3,(H,23,26)(H,24,27)(H,25,28)/t13-/m0/s1. The SMILES string of the molecule is COc1ccc(C(=O)NNC(=O)C[C@@H](C)CC(=O)Nc2ccc(C)c(Cl)c2)cc1. The number of hydrogen-bond donors (Lipinski definition) is 3. The summed E-state index contributed by atoms with van der Waals surface area (Å²) in [6.07, 6.45) is 0.246. The molecule has 2 aromatic rings. The molecule has 0 fully saturated rings. The van der Waals surface area contributed by atoms with Gasteiger partial charge in [-0.2, -0.15) is 0 Å². The Morgan fingerprint density at radius 1 is 1.00 bits per heavy atom. The molecule has 0 saturated carbocycles. The third-order valence-electron chi connectivity index (χ3n) is 4.19. The number of hydrogen-bond acceptors (Lipinski definition) is 4. The Labute approximate surface area is 174 Å². The molecule has 7 nitrogen and oxygen atoms in total. The van der Waals surface area contributed by atoms with Crippen molar-refractivity contribution < 1.29 is 19.1 Å². The molecule has 0 aliphatic rings. The summed E-state index contributed by atoms with van der Waals surface area (Å²) in [4.78, 5) is 36.2. The second-order valence-corrected chi connectivity index (χ2v) is 7.16. The molecule has 0 spiro atoms. The second kappa shape index (κ2) is 10.5. The summed E-state index contributed by atoms with van der Waals surface area (Å²) < 4.78 is 5.03. The largest absolute Gasteiger partial charge is 0.497 e. The lowest BCUT2D eigenvalue weighted by Gasteiger charge is -2.13. The van der Waals surface area contributed by atoms with Gasteiger partial charge < -0.3 is 10.1 Å². The Morgan fingerprint density at radius 2 is 1.66 bits per heavy atom. The lowest BCUT2D eigenvalue weighted by Crippen LogP contribution is -2.42. The van der Waals surface area contributed by atoms with E-state index >= 15 is 0 Å². The predicted molar refractivity (Wildman–Crippen MR) is 112 cm³/mol. The van der Waals surface area contributed by atoms with Crippen LogP contribution in [0.5, 0.6) is 5.75 Å². The Hall–Kier alpha value is -3.06. The smallest absolute Gasteiger partial charge is 0.269 e. The average Bonchev–Trinajstić information content (AvgIpc) is 2.68. The van der Waals surface area contributed by atoms with Gasteiger partial charge in [-0.05, 0) is 54.8 Å². The molecule has 1 atom stereocenters. The number of halogens is 1. The minimum absolute atomic E-state index is 0.0883. The van der Waals surface area contributed by atoms with Crippen LogP contribution in [0, 0.1) is 12.8 Å². The van der Waals surface area contributed by atoms with Crippen LogP contribution in [0.2, 0.25) is 5.02 Å². The first-order valence-corrected chi connectivity index (χ1v) is 9.45. The summed E-state index contributed by atoms with van der Waals surface area (Å²) in [5, 5.41) is 3.33. The number of aryl methyl sites for hydroxylation is 1. The Bertz CT molecular complexity index is 884. The van der Waals surface area contributed by atoms with E-state index in [-0.39, 0.29) is 30.6 Å². The van der Waals surface area contributed by atoms with Gasteiger partial charge in [0.15, 0.2) is 0 Å². The maximum absolute atomic E-state index is 12.1. The molecule has 0 saturated heterocycles. The summed E-state index contributed by atoms with van der Waals surface area (Å²) in [6, 6.07) is 11.7. The van der Waals surface area contributed by atoms with Gasteiger partial charge >= 0.3 is 0 Å². The van der Waals surface area contributed by atoms with Gasteiger partial charge in [-0.1, -0.05) is 24.6 Å². The van der Waals surface area contributed by atoms with Gasteiger partial charge in [0.1, 0.15) is 5.75 Å². The van der Waals surface area contributed by atoms with Gasteiger partial charge in [0, 0.05) is 29.1 Å². The van der Waals surface area contributed by atoms with Crippen LogP contribution in [0.25, 0.3) is 0 Å². The highest BCUT2D eigenvalue weighted by Gasteiger charge is 2.15. The zero-order chi connectivity index (χ0) is 21.4. The maximum atomic E-state index is 12.1. The average molecular weight is 418 g/mol. The van der Waals surface area contributed by atoms with E-state index in [0.717, 1.165) is 5.56 Å². The highest BCUT2D eigenvalue weighted by atomic mass is 35.5. The molecule has 8 heteroatoms. The number of methoxy groups -OCH3 is 1. The summed E-state index contributed by atoms with van der Waals surface area (Å²) >= 11 is 6.05. The van der Waals surface area contributed by atoms with Gasteiger partial charge in [-0.25, -0.2) is 0 Å². The minimum Gasteiger partial charge on any atom is -0.497 e. The fraction of sp³-hybridized carbons (Fsp3) is 0.286. The van der Waals surface area contributed by atoms with Crippen LogP contribution in [0.1, 0.15) is 35.7 Å². The number of rotatable bonds is 7. The number of nitrogens with one attached hydrogen (secondary N) is 3. The van der Waals surface area contributed by atoms with E-state index in [1.807, 2.05) is 13.0 Å². The fourth-order valence-electron chi connectivity index (χ4n) is 2.58. The number of amides is 3. The third-order valence-corrected chi connectivity index (χ3v) is 4.60. The van der Waals surface area contributed by atoms with Crippen molar-refractivity contribution >= 4 is 35.0 Å². The molecule has 0 unspecified atom stereocenters. The first kappa shape index (κ1) is 22.2. The van der Waals surface area contributed by atoms with Gasteiger partial charge in [0.2, 0.25) is 11.8 Å². The van der Waals surface area contributed by atoms with Crippen LogP contribution in [0.4, 0.5) is 5.69 Å². The number of carbonyl (C=O) groups is 3. The molecule has 0 aliphatic carbocycles. The van der Waals surface area contributed by atoms with Crippen molar-refractivity contribution in [3.63, 3.8) is 0 Å². The molecule has 3 N–H and O–H groups in total. The zero-order valence-corrected chi connectivity index (χ0v) is 17.3. The van der Waals surface area contributed by atoms with Gasteiger partial charge in [-0.3, -0.25) is 25.2 Å². The number of anilines is 1. The van der Waals surface area contributed by atoms with E-state index in [1.54, 1.807) is 43.3 Å². The van der Waals surface area contributed by atoms with E-state index in [9.17, 15) is 14.4 Å². The van der Waals surface area contributed by atoms with E-state index < -0.39 is 5.91 Å². The number of carbonyl (C=O) groups excluding carboxylic acids is 3. The summed E-state index contributed by atoms with van der Waals surface area (Å²) in [5.74, 6) is -0.625. The molecule has 2 aromatic carbocycles. The Kier molecular flexibility index (Phi) is 8.03. The quantitative estimate of drug-likeness (QED) is 0.601. The molecule has 0 aromatic heterocycles. The molecule has 0 aliphatic heterocycles. The van der Waals surface area contributed by atoms with Crippen LogP contribution in [-0.4, -0.2) is 24.8 Å². The van der Waals surface area contributed by atoms with Gasteiger partial charge in [-0.15, -0.1) is 0 Å². The molecular formula is C21H24ClN3O4. The molecule has 0 bridgehead atoms. The molecule has 29 heavy (non-hydrogen) atoms. The van der Waals surface area contributed by atoms with Gasteiger partial charge in [0.25, 0.3) is 5.91 Å². The first-order valence-electron chi connectivity index (χ1n) is 9.07. The van der Waals surface area contributed by atoms with E-state index in [2.05, 4.69) is 16.2 Å². The van der Waals surface area contributed by atoms with Crippen LogP contribution < -0.4 is 20.9 Å². The topological polar surface area (TPSA) is 96.5 Å². The fourth-order valence-corrected chi connectivity index (χ4v) is 2.76. The minimum atomic E-state index is -0.442. The zero-order valence-electron chi connectivity index (χ0n) is 16.5. The van der Waals surface area contributed by atoms with Crippen molar-refractivity contribution in [2.24, 2.45) is 5.92 Å². The number of ether oxygens (including phenoxy) is 1. The normalized spacial score (nSPS) is 11.3. The Balaban J connectivity index is 1.75. The Morgan fingerprint density at radius 3 is 2.28 bits per heavy atom. The molecule has 154 valence electrons. The maximum Gasteiger partial charge on any atom is 0.269 e. The van der Waals surface area contributed by atoms with Crippen LogP contribution in [-0.2, 0) is 9.59 Å². The summed E-state index contributed by atoms with van der Waals surface area (Å²) in [7, 11) is 1.53. The van der Waals surface area contributed by atoms with Crippen molar-refractivity contribution in [2.75, 3.05) is 12.4 Å². The summed E-state index contributed by atoms with van der Waals surface area (Å²) in [5.41, 5.74) is 6.62. The molecule has 2 rings (SSSR count). The van der Waals surface area contributed by atoms with Crippen LogP contribution >= 0.6 is 11.6 Å². The number of hydrazine groups is 1. The van der Waals surface area contributed by atoms with E-state index in [4.69, 9.17) is 16.3 Å². The van der Waals surface area contributed by atoms with Crippen molar-refractivity contribution in [2.45, 2.75) is 26.7 Å². The van der Waals surface area contributed by atoms with Crippen LogP contribution in [0.3, 0.4) is 0 Å². The monoisotopic (exact) mass is 417 g/mol. The van der Waals surface area contributed by atoms with E-state index in [1.165, 1.54) is 7.11 Å². The van der Waals surface area contributed by atoms with Gasteiger partial charge in [0.05, 0.1) is 7.11 Å². The van der Waals surface area contributed by atoms with Crippen molar-refractivity contribution in [3.05, 3.63) is 58.6 Å². The number of benzene rings is 2. The second-order valence-electron chi connectivity index (χ2n) is 6.76. The van der Waals surface area contributed by atoms with Crippen LogP contribution in [0.15, 0.2) is 42.5 Å². The lowest BCUT2D eigenvalue weighted by molar-refractivity contribution is -0.123. The van der Waals surface area contributed by atoms with Crippen molar-refractivity contribution in [1.82, 2.24) is 10.9 Å². The summed E-state index contributed by atoms with van der Waals surface area (Å²) in [6.45, 7) is 3.66.